The lowest BCUT2D eigenvalue weighted by Gasteiger charge is -2.47. The molecule has 0 radical (unpaired) electrons. The predicted molar refractivity (Wildman–Crippen MR) is 254 cm³/mol. The predicted octanol–water partition coefficient (Wildman–Crippen LogP) is 9.52. The molecule has 4 atom stereocenters. The standard InChI is InChI=1S/C48H61FN6O9SSi/c1-26(2)66(27(3)4,28(5)6)20-17-30-13-12-14-31-21-32(50-45(56)64-47(8,9)10)22-34(36(30)31)39-38(49)40-37-42(53-44(52-40)61-24-48(18-19-48)25-62-65(11,59)60)54-23-33-15-16-35(55(33)46(57)58)41(54)29(7)63-43(37)51-39/h12-14,21-22,26-29,33,35,41H,15-16,18-19,23-25H2,1-11H3,(H,50,56)(H,57,58). The van der Waals surface area contributed by atoms with Gasteiger partial charge < -0.3 is 24.2 Å². The highest BCUT2D eigenvalue weighted by atomic mass is 32.2. The third-order valence-corrected chi connectivity index (χ3v) is 20.7. The van der Waals surface area contributed by atoms with Crippen molar-refractivity contribution in [1.82, 2.24) is 19.9 Å². The number of anilines is 2. The Balaban J connectivity index is 1.36. The van der Waals surface area contributed by atoms with Gasteiger partial charge in [0.15, 0.2) is 5.82 Å². The minimum absolute atomic E-state index is 0.00718. The Morgan fingerprint density at radius 3 is 2.35 bits per heavy atom. The molecular formula is C48H61FN6O9SSi. The van der Waals surface area contributed by atoms with E-state index in [-0.39, 0.29) is 54.3 Å². The SMILES string of the molecule is CC1Oc2nc(-c3cc(NC(=O)OC(C)(C)C)cc4cccc(C#C[Si](C(C)C)(C(C)C)C(C)C)c34)c(F)c3nc(OCC4(COS(C)(=O)=O)CC4)nc(c23)N2CC3CCC(C12)N3C(=O)O. The molecule has 8 rings (SSSR count). The van der Waals surface area contributed by atoms with Crippen LogP contribution in [0.1, 0.15) is 100 Å². The fourth-order valence-electron chi connectivity index (χ4n) is 10.7. The molecule has 2 N–H and O–H groups in total. The highest BCUT2D eigenvalue weighted by molar-refractivity contribution is 7.86. The molecule has 3 fully saturated rings. The van der Waals surface area contributed by atoms with Crippen LogP contribution in [0.3, 0.4) is 0 Å². The lowest BCUT2D eigenvalue weighted by atomic mass is 9.95. The van der Waals surface area contributed by atoms with E-state index in [0.717, 1.165) is 6.26 Å². The van der Waals surface area contributed by atoms with Crippen LogP contribution >= 0.6 is 0 Å². The molecule has 18 heteroatoms. The Morgan fingerprint density at radius 1 is 1.03 bits per heavy atom. The van der Waals surface area contributed by atoms with Crippen molar-refractivity contribution in [3.63, 3.8) is 0 Å². The average Bonchev–Trinajstić information content (AvgIpc) is 3.94. The van der Waals surface area contributed by atoms with Crippen molar-refractivity contribution >= 4 is 63.6 Å². The van der Waals surface area contributed by atoms with Gasteiger partial charge in [-0.25, -0.2) is 19.0 Å². The van der Waals surface area contributed by atoms with Gasteiger partial charge >= 0.3 is 18.2 Å². The van der Waals surface area contributed by atoms with Crippen molar-refractivity contribution in [2.24, 2.45) is 5.41 Å². The summed E-state index contributed by atoms with van der Waals surface area (Å²) in [4.78, 5) is 44.0. The fourth-order valence-corrected chi connectivity index (χ4v) is 16.4. The molecule has 2 saturated heterocycles. The third kappa shape index (κ3) is 8.85. The van der Waals surface area contributed by atoms with Crippen LogP contribution in [0.5, 0.6) is 11.9 Å². The highest BCUT2D eigenvalue weighted by Gasteiger charge is 2.53. The molecule has 5 heterocycles. The van der Waals surface area contributed by atoms with Gasteiger partial charge in [0.05, 0.1) is 37.6 Å². The van der Waals surface area contributed by atoms with Gasteiger partial charge in [0.1, 0.15) is 42.2 Å². The molecule has 4 unspecified atom stereocenters. The number of rotatable bonds is 11. The van der Waals surface area contributed by atoms with E-state index in [9.17, 15) is 23.1 Å². The molecule has 2 amide bonds. The van der Waals surface area contributed by atoms with Crippen LogP contribution in [0.2, 0.25) is 16.6 Å². The van der Waals surface area contributed by atoms with Crippen LogP contribution in [-0.4, -0.2) is 109 Å². The number of carbonyl (C=O) groups excluding carboxylic acids is 1. The molecule has 66 heavy (non-hydrogen) atoms. The number of carboxylic acid groups (broad SMARTS) is 1. The number of ether oxygens (including phenoxy) is 3. The summed E-state index contributed by atoms with van der Waals surface area (Å²) >= 11 is 0. The summed E-state index contributed by atoms with van der Waals surface area (Å²) in [5.41, 5.74) is 4.53. The lowest BCUT2D eigenvalue weighted by Crippen LogP contribution is -2.64. The number of nitrogens with zero attached hydrogens (tertiary/aromatic N) is 5. The zero-order chi connectivity index (χ0) is 47.8. The van der Waals surface area contributed by atoms with E-state index >= 15 is 4.39 Å². The summed E-state index contributed by atoms with van der Waals surface area (Å²) in [5.74, 6) is 3.13. The van der Waals surface area contributed by atoms with Gasteiger partial charge in [0.25, 0.3) is 10.1 Å². The largest absolute Gasteiger partial charge is 0.472 e. The number of fused-ring (bicyclic) bond motifs is 6. The van der Waals surface area contributed by atoms with E-state index in [1.165, 1.54) is 4.90 Å². The van der Waals surface area contributed by atoms with E-state index < -0.39 is 65.4 Å². The van der Waals surface area contributed by atoms with Gasteiger partial charge in [-0.1, -0.05) is 59.6 Å². The zero-order valence-corrected chi connectivity index (χ0v) is 41.4. The Hall–Kier alpha value is -5.25. The second-order valence-corrected chi connectivity index (χ2v) is 27.8. The molecule has 4 aliphatic rings. The number of amides is 2. The maximum absolute atomic E-state index is 18.2. The molecule has 2 bridgehead atoms. The van der Waals surface area contributed by atoms with Gasteiger partial charge in [-0.15, -0.1) is 5.54 Å². The van der Waals surface area contributed by atoms with Crippen molar-refractivity contribution in [3.05, 3.63) is 41.7 Å². The highest BCUT2D eigenvalue weighted by Crippen LogP contribution is 2.49. The quantitative estimate of drug-likeness (QED) is 0.0825. The van der Waals surface area contributed by atoms with E-state index in [2.05, 4.69) is 58.3 Å². The normalized spacial score (nSPS) is 21.1. The number of pyridine rings is 1. The van der Waals surface area contributed by atoms with Gasteiger partial charge in [-0.2, -0.15) is 18.4 Å². The van der Waals surface area contributed by atoms with Crippen LogP contribution in [0, 0.1) is 22.7 Å². The first-order valence-corrected chi connectivity index (χ1v) is 26.9. The first-order valence-electron chi connectivity index (χ1n) is 22.9. The van der Waals surface area contributed by atoms with Crippen LogP contribution in [0.25, 0.3) is 32.9 Å². The zero-order valence-electron chi connectivity index (χ0n) is 39.6. The Morgan fingerprint density at radius 2 is 1.73 bits per heavy atom. The lowest BCUT2D eigenvalue weighted by molar-refractivity contribution is 0.0634. The molecular weight excluding hydrogens is 884 g/mol. The van der Waals surface area contributed by atoms with Crippen LogP contribution < -0.4 is 19.7 Å². The van der Waals surface area contributed by atoms with E-state index in [1.54, 1.807) is 32.9 Å². The minimum atomic E-state index is -3.72. The molecule has 1 aliphatic carbocycles. The number of hydrogen-bond donors (Lipinski definition) is 2. The van der Waals surface area contributed by atoms with Gasteiger partial charge in [-0.05, 0) is 93.6 Å². The van der Waals surface area contributed by atoms with Gasteiger partial charge in [-0.3, -0.25) is 14.4 Å². The maximum Gasteiger partial charge on any atom is 0.412 e. The molecule has 354 valence electrons. The molecule has 2 aromatic carbocycles. The number of hydrogen-bond acceptors (Lipinski definition) is 12. The number of piperazine rings is 1. The summed E-state index contributed by atoms with van der Waals surface area (Å²) in [5, 5.41) is 14.7. The molecule has 1 saturated carbocycles. The minimum Gasteiger partial charge on any atom is -0.472 e. The van der Waals surface area contributed by atoms with Crippen LogP contribution in [-0.2, 0) is 19.0 Å². The molecule has 15 nitrogen and oxygen atoms in total. The summed E-state index contributed by atoms with van der Waals surface area (Å²) < 4.78 is 65.8. The number of benzene rings is 2. The fraction of sp³-hybridized carbons (Fsp3) is 0.562. The summed E-state index contributed by atoms with van der Waals surface area (Å²) in [7, 11) is -5.97. The first-order chi connectivity index (χ1) is 30.9. The number of aromatic nitrogens is 3. The smallest absolute Gasteiger partial charge is 0.412 e. The van der Waals surface area contributed by atoms with Crippen LogP contribution in [0.4, 0.5) is 25.5 Å². The summed E-state index contributed by atoms with van der Waals surface area (Å²) in [6.07, 6.45) is 1.14. The number of carbonyl (C=O) groups is 2. The van der Waals surface area contributed by atoms with Crippen LogP contribution in [0.15, 0.2) is 30.3 Å². The average molecular weight is 945 g/mol. The topological polar surface area (TPSA) is 183 Å². The maximum atomic E-state index is 18.2. The summed E-state index contributed by atoms with van der Waals surface area (Å²) in [6.45, 7) is 20.8. The van der Waals surface area contributed by atoms with Crippen molar-refractivity contribution in [2.75, 3.05) is 36.2 Å². The number of halogens is 1. The Bertz CT molecular complexity index is 2760. The third-order valence-electron chi connectivity index (χ3n) is 13.9. The van der Waals surface area contributed by atoms with Crippen molar-refractivity contribution in [2.45, 2.75) is 141 Å². The van der Waals surface area contributed by atoms with Crippen molar-refractivity contribution in [1.29, 1.82) is 0 Å². The second-order valence-electron chi connectivity index (χ2n) is 20.5. The Kier molecular flexibility index (Phi) is 12.3. The Labute approximate surface area is 387 Å². The molecule has 4 aromatic rings. The second kappa shape index (κ2) is 17.1. The van der Waals surface area contributed by atoms with Crippen molar-refractivity contribution < 1.29 is 45.9 Å². The van der Waals surface area contributed by atoms with Gasteiger partial charge in [0, 0.05) is 34.2 Å². The summed E-state index contributed by atoms with van der Waals surface area (Å²) in [6, 6.07) is 7.66. The van der Waals surface area contributed by atoms with E-state index in [4.69, 9.17) is 33.3 Å². The molecule has 2 aromatic heterocycles. The molecule has 0 spiro atoms. The van der Waals surface area contributed by atoms with Crippen molar-refractivity contribution in [3.8, 4) is 34.6 Å². The van der Waals surface area contributed by atoms with E-state index in [0.29, 0.717) is 75.7 Å². The monoisotopic (exact) mass is 944 g/mol. The number of nitrogens with one attached hydrogen (secondary N) is 1. The first kappa shape index (κ1) is 47.2. The molecule has 3 aliphatic heterocycles. The van der Waals surface area contributed by atoms with Gasteiger partial charge in [0.2, 0.25) is 5.88 Å². The van der Waals surface area contributed by atoms with E-state index in [1.807, 2.05) is 30.0 Å².